The quantitative estimate of drug-likeness (QED) is 0.818. The summed E-state index contributed by atoms with van der Waals surface area (Å²) in [4.78, 5) is 0. The van der Waals surface area contributed by atoms with Crippen molar-refractivity contribution in [1.29, 1.82) is 0 Å². The van der Waals surface area contributed by atoms with Crippen molar-refractivity contribution < 1.29 is 4.74 Å². The zero-order chi connectivity index (χ0) is 12.1. The minimum atomic E-state index is 0.771. The van der Waals surface area contributed by atoms with Crippen molar-refractivity contribution in [3.8, 4) is 0 Å². The van der Waals surface area contributed by atoms with Crippen LogP contribution in [0.1, 0.15) is 46.0 Å². The van der Waals surface area contributed by atoms with E-state index in [0.717, 1.165) is 35.7 Å². The third-order valence-electron chi connectivity index (χ3n) is 4.18. The number of rotatable bonds is 5. The van der Waals surface area contributed by atoms with E-state index >= 15 is 0 Å². The number of ether oxygens (including phenoxy) is 1. The van der Waals surface area contributed by atoms with E-state index in [2.05, 4.69) is 30.9 Å². The SMILES string of the molecule is CCCNC1CCC(SC2CCOCC2)C1C. The number of hydrogen-bond donors (Lipinski definition) is 1. The van der Waals surface area contributed by atoms with Gasteiger partial charge in [0.05, 0.1) is 0 Å². The van der Waals surface area contributed by atoms with E-state index in [1.54, 1.807) is 0 Å². The molecule has 2 aliphatic rings. The Morgan fingerprint density at radius 2 is 1.94 bits per heavy atom. The van der Waals surface area contributed by atoms with Gasteiger partial charge in [-0.1, -0.05) is 13.8 Å². The Balaban J connectivity index is 1.74. The van der Waals surface area contributed by atoms with Crippen molar-refractivity contribution in [2.24, 2.45) is 5.92 Å². The fourth-order valence-electron chi connectivity index (χ4n) is 3.00. The van der Waals surface area contributed by atoms with E-state index in [9.17, 15) is 0 Å². The molecule has 3 unspecified atom stereocenters. The van der Waals surface area contributed by atoms with Gasteiger partial charge < -0.3 is 10.1 Å². The fourth-order valence-corrected chi connectivity index (χ4v) is 4.67. The van der Waals surface area contributed by atoms with Gasteiger partial charge >= 0.3 is 0 Å². The molecule has 0 aromatic carbocycles. The Kier molecular flexibility index (Phi) is 5.64. The van der Waals surface area contributed by atoms with Crippen LogP contribution < -0.4 is 5.32 Å². The molecule has 0 aromatic heterocycles. The van der Waals surface area contributed by atoms with Crippen LogP contribution in [0.3, 0.4) is 0 Å². The van der Waals surface area contributed by atoms with E-state index in [-0.39, 0.29) is 0 Å². The van der Waals surface area contributed by atoms with Crippen LogP contribution in [0.2, 0.25) is 0 Å². The topological polar surface area (TPSA) is 21.3 Å². The zero-order valence-corrected chi connectivity index (χ0v) is 12.1. The van der Waals surface area contributed by atoms with Gasteiger partial charge in [0.1, 0.15) is 0 Å². The number of nitrogens with one attached hydrogen (secondary N) is 1. The van der Waals surface area contributed by atoms with Gasteiger partial charge in [0, 0.05) is 29.8 Å². The van der Waals surface area contributed by atoms with Crippen LogP contribution in [-0.2, 0) is 4.74 Å². The largest absolute Gasteiger partial charge is 0.381 e. The molecule has 1 N–H and O–H groups in total. The normalized spacial score (nSPS) is 35.3. The van der Waals surface area contributed by atoms with Gasteiger partial charge in [-0.2, -0.15) is 11.8 Å². The molecule has 17 heavy (non-hydrogen) atoms. The Morgan fingerprint density at radius 3 is 2.65 bits per heavy atom. The maximum atomic E-state index is 5.44. The van der Waals surface area contributed by atoms with Gasteiger partial charge in [0.15, 0.2) is 0 Å². The molecule has 0 aromatic rings. The highest BCUT2D eigenvalue weighted by Crippen LogP contribution is 2.39. The van der Waals surface area contributed by atoms with Crippen molar-refractivity contribution in [2.75, 3.05) is 19.8 Å². The van der Waals surface area contributed by atoms with Gasteiger partial charge in [-0.3, -0.25) is 0 Å². The van der Waals surface area contributed by atoms with Gasteiger partial charge in [-0.05, 0) is 44.6 Å². The Labute approximate surface area is 110 Å². The van der Waals surface area contributed by atoms with Crippen LogP contribution in [-0.4, -0.2) is 36.3 Å². The Morgan fingerprint density at radius 1 is 1.18 bits per heavy atom. The molecular formula is C14H27NOS. The summed E-state index contributed by atoms with van der Waals surface area (Å²) in [6, 6.07) is 0.771. The van der Waals surface area contributed by atoms with Crippen LogP contribution in [0.4, 0.5) is 0 Å². The van der Waals surface area contributed by atoms with Gasteiger partial charge in [-0.15, -0.1) is 0 Å². The molecule has 1 aliphatic carbocycles. The van der Waals surface area contributed by atoms with Crippen molar-refractivity contribution in [3.63, 3.8) is 0 Å². The standard InChI is InChI=1S/C14H27NOS/c1-3-8-15-13-4-5-14(11(13)2)17-12-6-9-16-10-7-12/h11-15H,3-10H2,1-2H3. The first-order valence-electron chi connectivity index (χ1n) is 7.28. The summed E-state index contributed by atoms with van der Waals surface area (Å²) >= 11 is 2.25. The van der Waals surface area contributed by atoms with Crippen LogP contribution in [0.5, 0.6) is 0 Å². The molecule has 2 fully saturated rings. The molecule has 0 spiro atoms. The molecule has 2 nitrogen and oxygen atoms in total. The summed E-state index contributed by atoms with van der Waals surface area (Å²) in [7, 11) is 0. The summed E-state index contributed by atoms with van der Waals surface area (Å²) < 4.78 is 5.44. The third-order valence-corrected chi connectivity index (χ3v) is 6.05. The van der Waals surface area contributed by atoms with E-state index in [0.29, 0.717) is 0 Å². The first-order valence-corrected chi connectivity index (χ1v) is 8.22. The summed E-state index contributed by atoms with van der Waals surface area (Å²) in [5.41, 5.74) is 0. The molecule has 3 heteroatoms. The molecule has 2 rings (SSSR count). The average molecular weight is 257 g/mol. The van der Waals surface area contributed by atoms with E-state index in [4.69, 9.17) is 4.74 Å². The molecule has 1 saturated carbocycles. The predicted molar refractivity (Wildman–Crippen MR) is 75.7 cm³/mol. The lowest BCUT2D eigenvalue weighted by Gasteiger charge is -2.27. The van der Waals surface area contributed by atoms with Crippen molar-refractivity contribution in [1.82, 2.24) is 5.32 Å². The lowest BCUT2D eigenvalue weighted by Crippen LogP contribution is -2.34. The lowest BCUT2D eigenvalue weighted by atomic mass is 10.1. The molecule has 1 saturated heterocycles. The second kappa shape index (κ2) is 7.01. The molecule has 0 radical (unpaired) electrons. The van der Waals surface area contributed by atoms with Crippen LogP contribution in [0.25, 0.3) is 0 Å². The highest BCUT2D eigenvalue weighted by Gasteiger charge is 2.34. The second-order valence-electron chi connectivity index (χ2n) is 5.48. The average Bonchev–Trinajstić information content (AvgIpc) is 2.70. The monoisotopic (exact) mass is 257 g/mol. The smallest absolute Gasteiger partial charge is 0.0476 e. The molecule has 100 valence electrons. The first-order chi connectivity index (χ1) is 8.31. The maximum Gasteiger partial charge on any atom is 0.0476 e. The summed E-state index contributed by atoms with van der Waals surface area (Å²) in [6.45, 7) is 7.84. The highest BCUT2D eigenvalue weighted by molar-refractivity contribution is 8.00. The molecular weight excluding hydrogens is 230 g/mol. The predicted octanol–water partition coefficient (Wildman–Crippen LogP) is 3.07. The molecule has 1 heterocycles. The molecule has 0 amide bonds. The van der Waals surface area contributed by atoms with E-state index in [1.165, 1.54) is 38.6 Å². The number of hydrogen-bond acceptors (Lipinski definition) is 3. The van der Waals surface area contributed by atoms with Crippen LogP contribution >= 0.6 is 11.8 Å². The third kappa shape index (κ3) is 3.87. The summed E-state index contributed by atoms with van der Waals surface area (Å²) in [5.74, 6) is 0.842. The van der Waals surface area contributed by atoms with E-state index < -0.39 is 0 Å². The van der Waals surface area contributed by atoms with Crippen LogP contribution in [0.15, 0.2) is 0 Å². The molecule has 0 bridgehead atoms. The lowest BCUT2D eigenvalue weighted by molar-refractivity contribution is 0.0999. The first kappa shape index (κ1) is 13.7. The van der Waals surface area contributed by atoms with Crippen molar-refractivity contribution in [2.45, 2.75) is 62.5 Å². The van der Waals surface area contributed by atoms with Crippen LogP contribution in [0, 0.1) is 5.92 Å². The zero-order valence-electron chi connectivity index (χ0n) is 11.3. The Bertz CT molecular complexity index is 218. The van der Waals surface area contributed by atoms with Crippen molar-refractivity contribution >= 4 is 11.8 Å². The summed E-state index contributed by atoms with van der Waals surface area (Å²) in [5, 5.41) is 5.45. The molecule has 1 aliphatic heterocycles. The van der Waals surface area contributed by atoms with E-state index in [1.807, 2.05) is 0 Å². The van der Waals surface area contributed by atoms with Gasteiger partial charge in [0.2, 0.25) is 0 Å². The van der Waals surface area contributed by atoms with Crippen molar-refractivity contribution in [3.05, 3.63) is 0 Å². The minimum absolute atomic E-state index is 0.771. The van der Waals surface area contributed by atoms with Gasteiger partial charge in [-0.25, -0.2) is 0 Å². The molecule has 3 atom stereocenters. The number of thioether (sulfide) groups is 1. The maximum absolute atomic E-state index is 5.44. The second-order valence-corrected chi connectivity index (χ2v) is 7.03. The van der Waals surface area contributed by atoms with Gasteiger partial charge in [0.25, 0.3) is 0 Å². The fraction of sp³-hybridized carbons (Fsp3) is 1.00. The summed E-state index contributed by atoms with van der Waals surface area (Å²) in [6.07, 6.45) is 6.56. The highest BCUT2D eigenvalue weighted by atomic mass is 32.2. The Hall–Kier alpha value is 0.270. The minimum Gasteiger partial charge on any atom is -0.381 e.